The van der Waals surface area contributed by atoms with Gasteiger partial charge in [-0.05, 0) is 20.1 Å². The average molecular weight is 266 g/mol. The molecule has 0 atom stereocenters. The summed E-state index contributed by atoms with van der Waals surface area (Å²) in [6.45, 7) is 3.62. The molecule has 0 aliphatic carbocycles. The zero-order chi connectivity index (χ0) is 13.9. The smallest absolute Gasteiger partial charge is 0.341 e. The van der Waals surface area contributed by atoms with Gasteiger partial charge in [0.15, 0.2) is 0 Å². The highest BCUT2D eigenvalue weighted by molar-refractivity contribution is 7.98. The summed E-state index contributed by atoms with van der Waals surface area (Å²) < 4.78 is 6.26. The molecule has 0 N–H and O–H groups in total. The Labute approximate surface area is 109 Å². The molecule has 0 aliphatic heterocycles. The second kappa shape index (κ2) is 5.74. The standard InChI is InChI=1S/C12H14N2O3S/c1-5-17-12(16)9-7(2)14(3)11(15)8(6-13)10(9)18-4/h5H2,1-4H3. The van der Waals surface area contributed by atoms with Crippen molar-refractivity contribution in [2.24, 2.45) is 7.05 Å². The van der Waals surface area contributed by atoms with Crippen LogP contribution in [0.4, 0.5) is 0 Å². The van der Waals surface area contributed by atoms with E-state index in [0.29, 0.717) is 16.2 Å². The number of rotatable bonds is 3. The predicted molar refractivity (Wildman–Crippen MR) is 68.9 cm³/mol. The van der Waals surface area contributed by atoms with E-state index in [0.717, 1.165) is 0 Å². The molecule has 96 valence electrons. The predicted octanol–water partition coefficient (Wildman–Crippen LogP) is 1.46. The van der Waals surface area contributed by atoms with Crippen LogP contribution in [0.1, 0.15) is 28.5 Å². The number of pyridine rings is 1. The van der Waals surface area contributed by atoms with Gasteiger partial charge in [0.05, 0.1) is 12.2 Å². The van der Waals surface area contributed by atoms with E-state index in [1.54, 1.807) is 20.1 Å². The molecule has 18 heavy (non-hydrogen) atoms. The Morgan fingerprint density at radius 2 is 2.17 bits per heavy atom. The molecule has 1 aromatic rings. The quantitative estimate of drug-likeness (QED) is 0.612. The minimum absolute atomic E-state index is 0.0151. The highest BCUT2D eigenvalue weighted by Gasteiger charge is 2.23. The number of carbonyl (C=O) groups excluding carboxylic acids is 1. The monoisotopic (exact) mass is 266 g/mol. The van der Waals surface area contributed by atoms with Crippen LogP contribution >= 0.6 is 11.8 Å². The zero-order valence-corrected chi connectivity index (χ0v) is 11.6. The summed E-state index contributed by atoms with van der Waals surface area (Å²) in [5, 5.41) is 9.05. The van der Waals surface area contributed by atoms with E-state index < -0.39 is 11.5 Å². The van der Waals surface area contributed by atoms with Crippen molar-refractivity contribution in [3.8, 4) is 6.07 Å². The first-order valence-corrected chi connectivity index (χ1v) is 6.56. The Bertz CT molecular complexity index is 584. The normalized spacial score (nSPS) is 9.94. The third kappa shape index (κ3) is 2.27. The Morgan fingerprint density at radius 3 is 2.61 bits per heavy atom. The maximum atomic E-state index is 11.9. The van der Waals surface area contributed by atoms with Gasteiger partial charge < -0.3 is 9.30 Å². The van der Waals surface area contributed by atoms with E-state index in [9.17, 15) is 9.59 Å². The van der Waals surface area contributed by atoms with Crippen LogP contribution < -0.4 is 5.56 Å². The molecule has 0 radical (unpaired) electrons. The number of nitrogens with zero attached hydrogens (tertiary/aromatic N) is 2. The van der Waals surface area contributed by atoms with Gasteiger partial charge >= 0.3 is 5.97 Å². The van der Waals surface area contributed by atoms with Crippen molar-refractivity contribution in [3.05, 3.63) is 27.2 Å². The van der Waals surface area contributed by atoms with E-state index in [1.165, 1.54) is 23.4 Å². The Kier molecular flexibility index (Phi) is 4.56. The van der Waals surface area contributed by atoms with Crippen molar-refractivity contribution in [1.29, 1.82) is 5.26 Å². The molecule has 1 heterocycles. The van der Waals surface area contributed by atoms with Gasteiger partial charge in [-0.25, -0.2) is 4.79 Å². The van der Waals surface area contributed by atoms with E-state index in [1.807, 2.05) is 6.07 Å². The fourth-order valence-electron chi connectivity index (χ4n) is 1.62. The number of thioether (sulfide) groups is 1. The van der Waals surface area contributed by atoms with Crippen molar-refractivity contribution in [2.45, 2.75) is 18.7 Å². The van der Waals surface area contributed by atoms with Crippen LogP contribution in [0.25, 0.3) is 0 Å². The summed E-state index contributed by atoms with van der Waals surface area (Å²) in [6.07, 6.45) is 1.72. The molecule has 0 saturated carbocycles. The molecule has 6 heteroatoms. The van der Waals surface area contributed by atoms with Gasteiger partial charge in [0.25, 0.3) is 5.56 Å². The molecule has 0 amide bonds. The van der Waals surface area contributed by atoms with Crippen LogP contribution in [0, 0.1) is 18.3 Å². The van der Waals surface area contributed by atoms with Crippen LogP contribution in [-0.4, -0.2) is 23.4 Å². The van der Waals surface area contributed by atoms with Gasteiger partial charge in [0.2, 0.25) is 0 Å². The molecule has 0 saturated heterocycles. The van der Waals surface area contributed by atoms with E-state index in [2.05, 4.69) is 0 Å². The number of hydrogen-bond donors (Lipinski definition) is 0. The number of aromatic nitrogens is 1. The van der Waals surface area contributed by atoms with Crippen LogP contribution in [-0.2, 0) is 11.8 Å². The number of hydrogen-bond acceptors (Lipinski definition) is 5. The van der Waals surface area contributed by atoms with Crippen molar-refractivity contribution >= 4 is 17.7 Å². The fraction of sp³-hybridized carbons (Fsp3) is 0.417. The third-order valence-corrected chi connectivity index (χ3v) is 3.45. The van der Waals surface area contributed by atoms with Crippen LogP contribution in [0.15, 0.2) is 9.69 Å². The number of ether oxygens (including phenoxy) is 1. The lowest BCUT2D eigenvalue weighted by Gasteiger charge is -2.14. The van der Waals surface area contributed by atoms with Crippen LogP contribution in [0.5, 0.6) is 0 Å². The molecular weight excluding hydrogens is 252 g/mol. The number of carbonyl (C=O) groups is 1. The summed E-state index contributed by atoms with van der Waals surface area (Å²) in [5.41, 5.74) is 0.385. The fourth-order valence-corrected chi connectivity index (χ4v) is 2.39. The Balaban J connectivity index is 3.70. The SMILES string of the molecule is CCOC(=O)c1c(SC)c(C#N)c(=O)n(C)c1C. The highest BCUT2D eigenvalue weighted by Crippen LogP contribution is 2.25. The lowest BCUT2D eigenvalue weighted by molar-refractivity contribution is 0.0520. The molecule has 0 fully saturated rings. The van der Waals surface area contributed by atoms with Gasteiger partial charge in [-0.2, -0.15) is 5.26 Å². The van der Waals surface area contributed by atoms with Gasteiger partial charge in [-0.3, -0.25) is 4.79 Å². The van der Waals surface area contributed by atoms with E-state index in [4.69, 9.17) is 10.00 Å². The molecule has 0 aromatic carbocycles. The number of nitriles is 1. The lowest BCUT2D eigenvalue weighted by Crippen LogP contribution is -2.26. The van der Waals surface area contributed by atoms with E-state index >= 15 is 0 Å². The summed E-state index contributed by atoms with van der Waals surface area (Å²) in [6, 6.07) is 1.86. The second-order valence-electron chi connectivity index (χ2n) is 3.57. The minimum Gasteiger partial charge on any atom is -0.462 e. The Hall–Kier alpha value is -1.74. The van der Waals surface area contributed by atoms with Gasteiger partial charge in [-0.1, -0.05) is 0 Å². The van der Waals surface area contributed by atoms with E-state index in [-0.39, 0.29) is 12.2 Å². The van der Waals surface area contributed by atoms with Crippen LogP contribution in [0.3, 0.4) is 0 Å². The maximum Gasteiger partial charge on any atom is 0.341 e. The van der Waals surface area contributed by atoms with Crippen molar-refractivity contribution in [3.63, 3.8) is 0 Å². The van der Waals surface area contributed by atoms with Crippen LogP contribution in [0.2, 0.25) is 0 Å². The molecule has 5 nitrogen and oxygen atoms in total. The number of esters is 1. The summed E-state index contributed by atoms with van der Waals surface area (Å²) in [5.74, 6) is -0.508. The molecule has 0 spiro atoms. The highest BCUT2D eigenvalue weighted by atomic mass is 32.2. The van der Waals surface area contributed by atoms with Gasteiger partial charge in [0, 0.05) is 17.6 Å². The first-order valence-electron chi connectivity index (χ1n) is 5.34. The molecule has 0 bridgehead atoms. The lowest BCUT2D eigenvalue weighted by atomic mass is 10.1. The molecule has 0 aliphatic rings. The summed E-state index contributed by atoms with van der Waals surface area (Å²) in [4.78, 5) is 24.2. The Morgan fingerprint density at radius 1 is 1.56 bits per heavy atom. The molecule has 1 aromatic heterocycles. The molecule has 1 rings (SSSR count). The first kappa shape index (κ1) is 14.3. The summed E-state index contributed by atoms with van der Waals surface area (Å²) >= 11 is 1.20. The third-order valence-electron chi connectivity index (χ3n) is 2.63. The first-order chi connectivity index (χ1) is 8.49. The zero-order valence-electron chi connectivity index (χ0n) is 10.7. The van der Waals surface area contributed by atoms with Gasteiger partial charge in [0.1, 0.15) is 11.6 Å². The molecule has 0 unspecified atom stereocenters. The topological polar surface area (TPSA) is 72.1 Å². The molecular formula is C12H14N2O3S. The maximum absolute atomic E-state index is 11.9. The van der Waals surface area contributed by atoms with Gasteiger partial charge in [-0.15, -0.1) is 11.8 Å². The van der Waals surface area contributed by atoms with Crippen molar-refractivity contribution < 1.29 is 9.53 Å². The van der Waals surface area contributed by atoms with Crippen molar-refractivity contribution in [2.75, 3.05) is 12.9 Å². The van der Waals surface area contributed by atoms with Crippen molar-refractivity contribution in [1.82, 2.24) is 4.57 Å². The second-order valence-corrected chi connectivity index (χ2v) is 4.38. The largest absolute Gasteiger partial charge is 0.462 e. The minimum atomic E-state index is -0.508. The summed E-state index contributed by atoms with van der Waals surface area (Å²) in [7, 11) is 1.53. The average Bonchev–Trinajstić information content (AvgIpc) is 2.35.